The van der Waals surface area contributed by atoms with E-state index in [2.05, 4.69) is 10.1 Å². The number of anilines is 1. The molecular weight excluding hydrogens is 494 g/mol. The minimum Gasteiger partial charge on any atom is -0.451 e. The van der Waals surface area contributed by atoms with Crippen LogP contribution < -0.4 is 15.3 Å². The zero-order valence-corrected chi connectivity index (χ0v) is 19.6. The molecule has 2 aromatic heterocycles. The summed E-state index contributed by atoms with van der Waals surface area (Å²) in [5.74, 6) is -3.29. The number of hydrogen-bond donors (Lipinski definition) is 0. The van der Waals surface area contributed by atoms with E-state index in [1.165, 1.54) is 24.3 Å². The van der Waals surface area contributed by atoms with Crippen molar-refractivity contribution in [1.82, 2.24) is 19.3 Å². The largest absolute Gasteiger partial charge is 0.451 e. The van der Waals surface area contributed by atoms with Gasteiger partial charge in [-0.1, -0.05) is 6.07 Å². The van der Waals surface area contributed by atoms with Crippen molar-refractivity contribution < 1.29 is 27.0 Å². The van der Waals surface area contributed by atoms with Gasteiger partial charge in [-0.25, -0.2) is 27.3 Å². The van der Waals surface area contributed by atoms with E-state index in [1.807, 2.05) is 11.8 Å². The maximum absolute atomic E-state index is 14.9. The van der Waals surface area contributed by atoms with Crippen molar-refractivity contribution >= 4 is 5.82 Å². The maximum atomic E-state index is 14.9. The van der Waals surface area contributed by atoms with Crippen LogP contribution in [-0.4, -0.2) is 45.1 Å². The third-order valence-corrected chi connectivity index (χ3v) is 5.88. The Hall–Kier alpha value is -4.19. The van der Waals surface area contributed by atoms with E-state index in [9.17, 15) is 22.4 Å². The van der Waals surface area contributed by atoms with Gasteiger partial charge in [-0.3, -0.25) is 4.57 Å². The van der Waals surface area contributed by atoms with Crippen molar-refractivity contribution in [3.8, 4) is 17.2 Å². The summed E-state index contributed by atoms with van der Waals surface area (Å²) in [5.41, 5.74) is -0.994. The van der Waals surface area contributed by atoms with E-state index < -0.39 is 35.5 Å². The van der Waals surface area contributed by atoms with Crippen molar-refractivity contribution in [2.24, 2.45) is 0 Å². The molecule has 0 spiro atoms. The van der Waals surface area contributed by atoms with Crippen LogP contribution in [0.3, 0.4) is 0 Å². The van der Waals surface area contributed by atoms with Crippen LogP contribution >= 0.6 is 0 Å². The average Bonchev–Trinajstić information content (AvgIpc) is 3.21. The molecule has 4 aromatic rings. The molecule has 12 heteroatoms. The highest BCUT2D eigenvalue weighted by Crippen LogP contribution is 2.31. The zero-order chi connectivity index (χ0) is 26.1. The SMILES string of the molecule is CCOC1CN(c2cc(Oc3ccc(-n4ncn(Cc5c(F)cccc5F)c4=O)cc3F)c(F)cn2)C1. The maximum Gasteiger partial charge on any atom is 0.350 e. The normalized spacial score (nSPS) is 13.6. The summed E-state index contributed by atoms with van der Waals surface area (Å²) in [4.78, 5) is 18.7. The fraction of sp³-hybridized carbons (Fsp3) is 0.240. The van der Waals surface area contributed by atoms with Crippen molar-refractivity contribution in [2.75, 3.05) is 24.6 Å². The minimum absolute atomic E-state index is 0.0426. The molecule has 8 nitrogen and oxygen atoms in total. The molecule has 0 aliphatic carbocycles. The Kier molecular flexibility index (Phi) is 6.66. The quantitative estimate of drug-likeness (QED) is 0.330. The predicted molar refractivity (Wildman–Crippen MR) is 125 cm³/mol. The highest BCUT2D eigenvalue weighted by atomic mass is 19.1. The summed E-state index contributed by atoms with van der Waals surface area (Å²) < 4.78 is 70.0. The summed E-state index contributed by atoms with van der Waals surface area (Å²) >= 11 is 0. The van der Waals surface area contributed by atoms with Gasteiger partial charge in [-0.05, 0) is 31.2 Å². The second kappa shape index (κ2) is 10.1. The van der Waals surface area contributed by atoms with Crippen LogP contribution in [0.15, 0.2) is 59.8 Å². The van der Waals surface area contributed by atoms with E-state index in [-0.39, 0.29) is 28.9 Å². The number of ether oxygens (including phenoxy) is 2. The lowest BCUT2D eigenvalue weighted by atomic mass is 10.1. The van der Waals surface area contributed by atoms with Crippen LogP contribution in [0.25, 0.3) is 5.69 Å². The smallest absolute Gasteiger partial charge is 0.350 e. The summed E-state index contributed by atoms with van der Waals surface area (Å²) in [6.07, 6.45) is 2.16. The molecule has 37 heavy (non-hydrogen) atoms. The second-order valence-corrected chi connectivity index (χ2v) is 8.33. The molecule has 0 N–H and O–H groups in total. The Labute approximate surface area is 208 Å². The molecule has 1 aliphatic heterocycles. The molecule has 1 fully saturated rings. The molecule has 192 valence electrons. The standard InChI is InChI=1S/C25H21F4N5O3/c1-2-36-16-11-32(12-16)24-9-23(21(29)10-30-24)37-22-7-6-15(8-20(22)28)34-25(35)33(14-31-34)13-17-18(26)4-3-5-19(17)27/h3-10,14,16H,2,11-13H2,1H3. The molecule has 0 bridgehead atoms. The van der Waals surface area contributed by atoms with Gasteiger partial charge >= 0.3 is 5.69 Å². The third-order valence-electron chi connectivity index (χ3n) is 5.88. The molecule has 0 atom stereocenters. The lowest BCUT2D eigenvalue weighted by Crippen LogP contribution is -2.52. The second-order valence-electron chi connectivity index (χ2n) is 8.33. The Bertz CT molecular complexity index is 1480. The lowest BCUT2D eigenvalue weighted by molar-refractivity contribution is 0.0427. The summed E-state index contributed by atoms with van der Waals surface area (Å²) in [6, 6.07) is 8.31. The van der Waals surface area contributed by atoms with Gasteiger partial charge in [0.05, 0.1) is 24.5 Å². The summed E-state index contributed by atoms with van der Waals surface area (Å²) in [5, 5.41) is 3.91. The highest BCUT2D eigenvalue weighted by molar-refractivity contribution is 5.48. The van der Waals surface area contributed by atoms with Crippen LogP contribution in [0.5, 0.6) is 11.5 Å². The van der Waals surface area contributed by atoms with Gasteiger partial charge in [0.15, 0.2) is 23.1 Å². The fourth-order valence-corrected chi connectivity index (χ4v) is 3.92. The number of nitrogens with zero attached hydrogens (tertiary/aromatic N) is 5. The number of rotatable bonds is 8. The molecule has 2 aromatic carbocycles. The van der Waals surface area contributed by atoms with Crippen LogP contribution in [0.1, 0.15) is 12.5 Å². The zero-order valence-electron chi connectivity index (χ0n) is 19.6. The van der Waals surface area contributed by atoms with E-state index in [0.717, 1.165) is 40.0 Å². The molecule has 3 heterocycles. The number of hydrogen-bond acceptors (Lipinski definition) is 6. The van der Waals surface area contributed by atoms with E-state index in [0.29, 0.717) is 25.5 Å². The summed E-state index contributed by atoms with van der Waals surface area (Å²) in [7, 11) is 0. The van der Waals surface area contributed by atoms with Crippen LogP contribution in [0, 0.1) is 23.3 Å². The first-order valence-corrected chi connectivity index (χ1v) is 11.4. The van der Waals surface area contributed by atoms with Crippen molar-refractivity contribution in [1.29, 1.82) is 0 Å². The Morgan fingerprint density at radius 2 is 1.73 bits per heavy atom. The molecule has 1 saturated heterocycles. The molecule has 5 rings (SSSR count). The Morgan fingerprint density at radius 3 is 2.43 bits per heavy atom. The van der Waals surface area contributed by atoms with Gasteiger partial charge in [0.1, 0.15) is 23.8 Å². The first-order valence-electron chi connectivity index (χ1n) is 11.4. The fourth-order valence-electron chi connectivity index (χ4n) is 3.92. The Balaban J connectivity index is 1.34. The van der Waals surface area contributed by atoms with E-state index in [4.69, 9.17) is 9.47 Å². The lowest BCUT2D eigenvalue weighted by Gasteiger charge is -2.39. The van der Waals surface area contributed by atoms with Gasteiger partial charge in [-0.15, -0.1) is 0 Å². The molecule has 0 radical (unpaired) electrons. The van der Waals surface area contributed by atoms with Crippen molar-refractivity contribution in [3.05, 3.63) is 94.3 Å². The molecular formula is C25H21F4N5O3. The van der Waals surface area contributed by atoms with Gasteiger partial charge in [0, 0.05) is 37.4 Å². The molecule has 0 amide bonds. The number of benzene rings is 2. The van der Waals surface area contributed by atoms with Crippen LogP contribution in [0.2, 0.25) is 0 Å². The molecule has 1 aliphatic rings. The summed E-state index contributed by atoms with van der Waals surface area (Å²) in [6.45, 7) is 3.29. The number of halogens is 4. The monoisotopic (exact) mass is 515 g/mol. The Morgan fingerprint density at radius 1 is 0.973 bits per heavy atom. The predicted octanol–water partition coefficient (Wildman–Crippen LogP) is 4.05. The van der Waals surface area contributed by atoms with E-state index in [1.54, 1.807) is 0 Å². The number of pyridine rings is 1. The van der Waals surface area contributed by atoms with E-state index >= 15 is 0 Å². The van der Waals surface area contributed by atoms with Crippen molar-refractivity contribution in [3.63, 3.8) is 0 Å². The first kappa shape index (κ1) is 24.5. The molecule has 0 unspecified atom stereocenters. The van der Waals surface area contributed by atoms with Gasteiger partial charge in [0.2, 0.25) is 0 Å². The third kappa shape index (κ3) is 4.92. The van der Waals surface area contributed by atoms with Crippen LogP contribution in [-0.2, 0) is 11.3 Å². The van der Waals surface area contributed by atoms with Crippen LogP contribution in [0.4, 0.5) is 23.4 Å². The molecule has 0 saturated carbocycles. The first-order chi connectivity index (χ1) is 17.8. The van der Waals surface area contributed by atoms with Gasteiger partial charge < -0.3 is 14.4 Å². The van der Waals surface area contributed by atoms with Crippen molar-refractivity contribution in [2.45, 2.75) is 19.6 Å². The highest BCUT2D eigenvalue weighted by Gasteiger charge is 2.29. The minimum atomic E-state index is -0.878. The van der Waals surface area contributed by atoms with Gasteiger partial charge in [0.25, 0.3) is 0 Å². The number of aromatic nitrogens is 4. The average molecular weight is 515 g/mol. The topological polar surface area (TPSA) is 74.4 Å². The van der Waals surface area contributed by atoms with Gasteiger partial charge in [-0.2, -0.15) is 9.78 Å².